The predicted octanol–water partition coefficient (Wildman–Crippen LogP) is 1.96. The molecule has 2 saturated heterocycles. The van der Waals surface area contributed by atoms with Crippen LogP contribution in [-0.2, 0) is 19.0 Å². The van der Waals surface area contributed by atoms with Crippen molar-refractivity contribution in [3.05, 3.63) is 24.5 Å². The highest BCUT2D eigenvalue weighted by molar-refractivity contribution is 5.89. The predicted molar refractivity (Wildman–Crippen MR) is 67.2 cm³/mol. The van der Waals surface area contributed by atoms with Gasteiger partial charge in [-0.25, -0.2) is 0 Å². The zero-order valence-electron chi connectivity index (χ0n) is 10.9. The van der Waals surface area contributed by atoms with E-state index in [2.05, 4.69) is 6.58 Å². The Morgan fingerprint density at radius 3 is 2.84 bits per heavy atom. The van der Waals surface area contributed by atoms with Crippen molar-refractivity contribution in [1.82, 2.24) is 0 Å². The largest absolute Gasteiger partial charge is 0.495 e. The molecule has 1 spiro atoms. The Balaban J connectivity index is 1.78. The van der Waals surface area contributed by atoms with Crippen molar-refractivity contribution in [2.24, 2.45) is 11.3 Å². The molecule has 4 heteroatoms. The Hall–Kier alpha value is -1.13. The molecule has 4 rings (SSSR count). The number of hydrogen-bond acceptors (Lipinski definition) is 4. The molecule has 0 amide bonds. The van der Waals surface area contributed by atoms with Crippen molar-refractivity contribution < 1.29 is 19.0 Å². The van der Waals surface area contributed by atoms with Crippen LogP contribution >= 0.6 is 0 Å². The summed E-state index contributed by atoms with van der Waals surface area (Å²) in [6, 6.07) is 0. The summed E-state index contributed by atoms with van der Waals surface area (Å²) in [5, 5.41) is 0. The Kier molecular flexibility index (Phi) is 2.28. The van der Waals surface area contributed by atoms with E-state index in [0.29, 0.717) is 38.3 Å². The van der Waals surface area contributed by atoms with Gasteiger partial charge in [0.05, 0.1) is 24.4 Å². The zero-order valence-corrected chi connectivity index (χ0v) is 10.9. The van der Waals surface area contributed by atoms with Gasteiger partial charge >= 0.3 is 0 Å². The van der Waals surface area contributed by atoms with Crippen LogP contribution in [0.4, 0.5) is 0 Å². The number of rotatable bonds is 0. The van der Waals surface area contributed by atoms with Crippen LogP contribution in [0, 0.1) is 11.3 Å². The summed E-state index contributed by atoms with van der Waals surface area (Å²) in [6.45, 7) is 5.18. The summed E-state index contributed by atoms with van der Waals surface area (Å²) in [6.07, 6.45) is 6.77. The molecule has 0 aromatic heterocycles. The third-order valence-electron chi connectivity index (χ3n) is 5.01. The van der Waals surface area contributed by atoms with Crippen LogP contribution in [0.3, 0.4) is 0 Å². The lowest BCUT2D eigenvalue weighted by molar-refractivity contribution is -0.182. The monoisotopic (exact) mass is 262 g/mol. The van der Waals surface area contributed by atoms with Crippen LogP contribution in [0.2, 0.25) is 0 Å². The second-order valence-electron chi connectivity index (χ2n) is 6.03. The van der Waals surface area contributed by atoms with Gasteiger partial charge in [-0.05, 0) is 12.5 Å². The molecule has 3 unspecified atom stereocenters. The van der Waals surface area contributed by atoms with E-state index in [1.807, 2.05) is 12.2 Å². The first-order chi connectivity index (χ1) is 9.14. The minimum Gasteiger partial charge on any atom is -0.495 e. The molecule has 19 heavy (non-hydrogen) atoms. The topological polar surface area (TPSA) is 44.8 Å². The quantitative estimate of drug-likeness (QED) is 0.626. The Morgan fingerprint density at radius 2 is 2.05 bits per heavy atom. The fourth-order valence-corrected chi connectivity index (χ4v) is 4.12. The average molecular weight is 262 g/mol. The number of Topliss-reactive ketones (excluding diaryl/α,β-unsaturated/α-hetero) is 1. The van der Waals surface area contributed by atoms with Crippen molar-refractivity contribution in [2.45, 2.75) is 37.6 Å². The number of carbonyl (C=O) groups excluding carboxylic acids is 1. The molecule has 3 atom stereocenters. The molecule has 0 aromatic carbocycles. The SMILES string of the molecule is C=C1CC23C=CC4(CC2C(CCC3=O)O1)OCCO4. The normalized spacial score (nSPS) is 43.2. The first kappa shape index (κ1) is 11.7. The van der Waals surface area contributed by atoms with Gasteiger partial charge in [0, 0.05) is 25.2 Å². The Bertz CT molecular complexity index is 475. The summed E-state index contributed by atoms with van der Waals surface area (Å²) >= 11 is 0. The molecule has 4 aliphatic rings. The van der Waals surface area contributed by atoms with Crippen molar-refractivity contribution in [3.8, 4) is 0 Å². The molecule has 2 heterocycles. The summed E-state index contributed by atoms with van der Waals surface area (Å²) < 4.78 is 17.4. The molecule has 4 nitrogen and oxygen atoms in total. The van der Waals surface area contributed by atoms with Crippen LogP contribution < -0.4 is 0 Å². The van der Waals surface area contributed by atoms with Gasteiger partial charge in [0.1, 0.15) is 11.9 Å². The van der Waals surface area contributed by atoms with Crippen LogP contribution in [-0.4, -0.2) is 30.9 Å². The van der Waals surface area contributed by atoms with Crippen molar-refractivity contribution in [2.75, 3.05) is 13.2 Å². The molecule has 102 valence electrons. The van der Waals surface area contributed by atoms with Gasteiger partial charge in [-0.15, -0.1) is 0 Å². The Labute approximate surface area is 112 Å². The maximum Gasteiger partial charge on any atom is 0.188 e. The highest BCUT2D eigenvalue weighted by atomic mass is 16.7. The maximum atomic E-state index is 12.5. The molecule has 2 aliphatic heterocycles. The number of carbonyl (C=O) groups is 1. The third kappa shape index (κ3) is 1.50. The highest BCUT2D eigenvalue weighted by Crippen LogP contribution is 2.56. The summed E-state index contributed by atoms with van der Waals surface area (Å²) in [5.41, 5.74) is -0.418. The summed E-state index contributed by atoms with van der Waals surface area (Å²) in [7, 11) is 0. The van der Waals surface area contributed by atoms with Gasteiger partial charge in [-0.2, -0.15) is 0 Å². The van der Waals surface area contributed by atoms with E-state index in [0.717, 1.165) is 12.2 Å². The van der Waals surface area contributed by atoms with Gasteiger partial charge in [0.15, 0.2) is 5.79 Å². The molecule has 3 fully saturated rings. The average Bonchev–Trinajstić information content (AvgIpc) is 2.83. The van der Waals surface area contributed by atoms with Crippen LogP contribution in [0.25, 0.3) is 0 Å². The highest BCUT2D eigenvalue weighted by Gasteiger charge is 2.59. The first-order valence-electron chi connectivity index (χ1n) is 7.00. The van der Waals surface area contributed by atoms with E-state index in [-0.39, 0.29) is 12.0 Å². The van der Waals surface area contributed by atoms with Gasteiger partial charge < -0.3 is 14.2 Å². The van der Waals surface area contributed by atoms with Crippen molar-refractivity contribution in [1.29, 1.82) is 0 Å². The van der Waals surface area contributed by atoms with Gasteiger partial charge in [-0.1, -0.05) is 12.7 Å². The maximum absolute atomic E-state index is 12.5. The van der Waals surface area contributed by atoms with Gasteiger partial charge in [0.25, 0.3) is 0 Å². The molecule has 1 saturated carbocycles. The van der Waals surface area contributed by atoms with E-state index >= 15 is 0 Å². The standard InChI is InChI=1S/C15H18O4/c1-10-8-14-4-5-15(17-6-7-18-15)9-11(14)12(19-10)2-3-13(14)16/h4-5,11-12H,1-3,6-9H2. The molecule has 0 radical (unpaired) electrons. The molecule has 0 N–H and O–H groups in total. The second-order valence-corrected chi connectivity index (χ2v) is 6.03. The van der Waals surface area contributed by atoms with Crippen LogP contribution in [0.15, 0.2) is 24.5 Å². The van der Waals surface area contributed by atoms with Crippen LogP contribution in [0.5, 0.6) is 0 Å². The minimum absolute atomic E-state index is 0.0774. The van der Waals surface area contributed by atoms with Gasteiger partial charge in [-0.3, -0.25) is 4.79 Å². The number of allylic oxidation sites excluding steroid dienone is 2. The van der Waals surface area contributed by atoms with Crippen LogP contribution in [0.1, 0.15) is 25.7 Å². The van der Waals surface area contributed by atoms with E-state index < -0.39 is 11.2 Å². The molecule has 2 aliphatic carbocycles. The van der Waals surface area contributed by atoms with E-state index in [4.69, 9.17) is 14.2 Å². The molecular formula is C15H18O4. The third-order valence-corrected chi connectivity index (χ3v) is 5.01. The number of hydrogen-bond donors (Lipinski definition) is 0. The molecule has 2 bridgehead atoms. The lowest BCUT2D eigenvalue weighted by atomic mass is 9.56. The smallest absolute Gasteiger partial charge is 0.188 e. The number of ether oxygens (including phenoxy) is 3. The number of ketones is 1. The lowest BCUT2D eigenvalue weighted by Gasteiger charge is -2.53. The first-order valence-corrected chi connectivity index (χ1v) is 7.00. The summed E-state index contributed by atoms with van der Waals surface area (Å²) in [4.78, 5) is 12.5. The Morgan fingerprint density at radius 1 is 1.26 bits per heavy atom. The van der Waals surface area contributed by atoms with Crippen molar-refractivity contribution >= 4 is 5.78 Å². The van der Waals surface area contributed by atoms with E-state index in [9.17, 15) is 4.79 Å². The van der Waals surface area contributed by atoms with E-state index in [1.165, 1.54) is 0 Å². The summed E-state index contributed by atoms with van der Waals surface area (Å²) in [5.74, 6) is 0.597. The molecular weight excluding hydrogens is 244 g/mol. The van der Waals surface area contributed by atoms with E-state index in [1.54, 1.807) is 0 Å². The zero-order chi connectivity index (χ0) is 13.1. The van der Waals surface area contributed by atoms with Gasteiger partial charge in [0.2, 0.25) is 0 Å². The lowest BCUT2D eigenvalue weighted by Crippen LogP contribution is -2.56. The molecule has 0 aromatic rings. The fraction of sp³-hybridized carbons (Fsp3) is 0.667. The van der Waals surface area contributed by atoms with Crippen molar-refractivity contribution in [3.63, 3.8) is 0 Å². The minimum atomic E-state index is -0.619. The fourth-order valence-electron chi connectivity index (χ4n) is 4.12. The second kappa shape index (κ2) is 3.70.